The Bertz CT molecular complexity index is 621. The molecule has 4 nitrogen and oxygen atoms in total. The first-order valence-electron chi connectivity index (χ1n) is 7.80. The van der Waals surface area contributed by atoms with E-state index in [-0.39, 0.29) is 0 Å². The maximum atomic E-state index is 4.80. The van der Waals surface area contributed by atoms with E-state index in [9.17, 15) is 0 Å². The third kappa shape index (κ3) is 3.40. The monoisotopic (exact) mass is 302 g/mol. The SMILES string of the molecule is CCCNc1nc(Cc2csc(C)n2)nc2c1CCCC2. The van der Waals surface area contributed by atoms with Gasteiger partial charge in [0.25, 0.3) is 0 Å². The van der Waals surface area contributed by atoms with Crippen LogP contribution in [0.4, 0.5) is 5.82 Å². The molecule has 0 bridgehead atoms. The van der Waals surface area contributed by atoms with Crippen molar-refractivity contribution < 1.29 is 0 Å². The van der Waals surface area contributed by atoms with Crippen LogP contribution in [0.25, 0.3) is 0 Å². The number of hydrogen-bond donors (Lipinski definition) is 1. The summed E-state index contributed by atoms with van der Waals surface area (Å²) in [7, 11) is 0. The number of rotatable bonds is 5. The highest BCUT2D eigenvalue weighted by Gasteiger charge is 2.18. The second-order valence-corrected chi connectivity index (χ2v) is 6.64. The van der Waals surface area contributed by atoms with E-state index in [1.807, 2.05) is 6.92 Å². The third-order valence-electron chi connectivity index (χ3n) is 3.78. The van der Waals surface area contributed by atoms with Crippen LogP contribution < -0.4 is 5.32 Å². The Kier molecular flexibility index (Phi) is 4.48. The molecule has 0 fully saturated rings. The topological polar surface area (TPSA) is 50.7 Å². The molecule has 0 radical (unpaired) electrons. The van der Waals surface area contributed by atoms with E-state index in [4.69, 9.17) is 9.97 Å². The van der Waals surface area contributed by atoms with Crippen LogP contribution in [0.3, 0.4) is 0 Å². The van der Waals surface area contributed by atoms with Crippen molar-refractivity contribution in [3.8, 4) is 0 Å². The minimum Gasteiger partial charge on any atom is -0.370 e. The Morgan fingerprint density at radius 3 is 2.81 bits per heavy atom. The Morgan fingerprint density at radius 1 is 1.19 bits per heavy atom. The summed E-state index contributed by atoms with van der Waals surface area (Å²) in [6.07, 6.45) is 6.53. The van der Waals surface area contributed by atoms with Crippen molar-refractivity contribution in [3.63, 3.8) is 0 Å². The molecule has 0 aliphatic heterocycles. The van der Waals surface area contributed by atoms with Crippen molar-refractivity contribution in [2.75, 3.05) is 11.9 Å². The van der Waals surface area contributed by atoms with E-state index in [0.717, 1.165) is 54.6 Å². The molecule has 3 rings (SSSR count). The molecule has 0 unspecified atom stereocenters. The van der Waals surface area contributed by atoms with Gasteiger partial charge in [-0.15, -0.1) is 11.3 Å². The van der Waals surface area contributed by atoms with Crippen LogP contribution >= 0.6 is 11.3 Å². The maximum absolute atomic E-state index is 4.80. The second-order valence-electron chi connectivity index (χ2n) is 5.58. The molecule has 0 amide bonds. The highest BCUT2D eigenvalue weighted by molar-refractivity contribution is 7.09. The highest BCUT2D eigenvalue weighted by Crippen LogP contribution is 2.26. The zero-order valence-corrected chi connectivity index (χ0v) is 13.6. The summed E-state index contributed by atoms with van der Waals surface area (Å²) in [5.74, 6) is 1.96. The lowest BCUT2D eigenvalue weighted by Gasteiger charge is -2.19. The predicted molar refractivity (Wildman–Crippen MR) is 87.1 cm³/mol. The number of aryl methyl sites for hydroxylation is 2. The van der Waals surface area contributed by atoms with Crippen LogP contribution in [0.2, 0.25) is 0 Å². The largest absolute Gasteiger partial charge is 0.370 e. The Balaban J connectivity index is 1.89. The summed E-state index contributed by atoms with van der Waals surface area (Å²) >= 11 is 1.69. The fraction of sp³-hybridized carbons (Fsp3) is 0.562. The molecule has 5 heteroatoms. The lowest BCUT2D eigenvalue weighted by Crippen LogP contribution is -2.15. The predicted octanol–water partition coefficient (Wildman–Crippen LogP) is 3.53. The van der Waals surface area contributed by atoms with Gasteiger partial charge < -0.3 is 5.32 Å². The minimum absolute atomic E-state index is 0.735. The van der Waals surface area contributed by atoms with Crippen LogP contribution in [0.15, 0.2) is 5.38 Å². The van der Waals surface area contributed by atoms with Crippen molar-refractivity contribution in [3.05, 3.63) is 33.2 Å². The highest BCUT2D eigenvalue weighted by atomic mass is 32.1. The molecule has 0 atom stereocenters. The quantitative estimate of drug-likeness (QED) is 0.918. The lowest BCUT2D eigenvalue weighted by atomic mass is 9.96. The Hall–Kier alpha value is -1.49. The van der Waals surface area contributed by atoms with E-state index < -0.39 is 0 Å². The molecule has 2 aromatic rings. The van der Waals surface area contributed by atoms with Gasteiger partial charge >= 0.3 is 0 Å². The molecule has 2 heterocycles. The molecule has 2 aromatic heterocycles. The fourth-order valence-electron chi connectivity index (χ4n) is 2.77. The van der Waals surface area contributed by atoms with Crippen LogP contribution in [0.5, 0.6) is 0 Å². The molecule has 1 aliphatic rings. The number of aromatic nitrogens is 3. The number of hydrogen-bond acceptors (Lipinski definition) is 5. The van der Waals surface area contributed by atoms with Crippen LogP contribution in [0, 0.1) is 6.92 Å². The molecule has 112 valence electrons. The number of nitrogens with zero attached hydrogens (tertiary/aromatic N) is 3. The number of nitrogens with one attached hydrogen (secondary N) is 1. The summed E-state index contributed by atoms with van der Waals surface area (Å²) in [4.78, 5) is 14.1. The van der Waals surface area contributed by atoms with Gasteiger partial charge in [0.05, 0.1) is 17.1 Å². The first-order chi connectivity index (χ1) is 10.3. The Labute approximate surface area is 130 Å². The summed E-state index contributed by atoms with van der Waals surface area (Å²) in [5.41, 5.74) is 3.67. The minimum atomic E-state index is 0.735. The van der Waals surface area contributed by atoms with E-state index >= 15 is 0 Å². The molecular weight excluding hydrogens is 280 g/mol. The molecule has 0 aromatic carbocycles. The summed E-state index contributed by atoms with van der Waals surface area (Å²) < 4.78 is 0. The summed E-state index contributed by atoms with van der Waals surface area (Å²) in [5, 5.41) is 6.70. The average molecular weight is 302 g/mol. The summed E-state index contributed by atoms with van der Waals surface area (Å²) in [6, 6.07) is 0. The van der Waals surface area contributed by atoms with Gasteiger partial charge in [0, 0.05) is 23.2 Å². The van der Waals surface area contributed by atoms with Gasteiger partial charge in [0.2, 0.25) is 0 Å². The van der Waals surface area contributed by atoms with Gasteiger partial charge in [0.15, 0.2) is 0 Å². The summed E-state index contributed by atoms with van der Waals surface area (Å²) in [6.45, 7) is 5.19. The van der Waals surface area contributed by atoms with Crippen molar-refractivity contribution in [1.82, 2.24) is 15.0 Å². The average Bonchev–Trinajstić information content (AvgIpc) is 2.90. The first kappa shape index (κ1) is 14.4. The maximum Gasteiger partial charge on any atom is 0.137 e. The molecule has 0 saturated carbocycles. The normalized spacial score (nSPS) is 14.0. The molecule has 1 aliphatic carbocycles. The number of thiazole rings is 1. The van der Waals surface area contributed by atoms with Crippen LogP contribution in [-0.2, 0) is 19.3 Å². The lowest BCUT2D eigenvalue weighted by molar-refractivity contribution is 0.656. The zero-order valence-electron chi connectivity index (χ0n) is 12.8. The van der Waals surface area contributed by atoms with Gasteiger partial charge in [-0.3, -0.25) is 0 Å². The molecular formula is C16H22N4S. The smallest absolute Gasteiger partial charge is 0.137 e. The van der Waals surface area contributed by atoms with E-state index in [2.05, 4.69) is 22.6 Å². The number of anilines is 1. The second kappa shape index (κ2) is 6.52. The first-order valence-corrected chi connectivity index (χ1v) is 8.67. The van der Waals surface area contributed by atoms with Gasteiger partial charge in [-0.1, -0.05) is 6.92 Å². The molecule has 21 heavy (non-hydrogen) atoms. The van der Waals surface area contributed by atoms with Crippen molar-refractivity contribution in [1.29, 1.82) is 0 Å². The fourth-order valence-corrected chi connectivity index (χ4v) is 3.38. The van der Waals surface area contributed by atoms with Crippen molar-refractivity contribution >= 4 is 17.2 Å². The van der Waals surface area contributed by atoms with E-state index in [1.54, 1.807) is 11.3 Å². The van der Waals surface area contributed by atoms with Gasteiger partial charge in [0.1, 0.15) is 11.6 Å². The molecule has 0 saturated heterocycles. The van der Waals surface area contributed by atoms with Gasteiger partial charge in [-0.25, -0.2) is 15.0 Å². The van der Waals surface area contributed by atoms with E-state index in [1.165, 1.54) is 24.1 Å². The third-order valence-corrected chi connectivity index (χ3v) is 4.60. The van der Waals surface area contributed by atoms with E-state index in [0.29, 0.717) is 0 Å². The number of fused-ring (bicyclic) bond motifs is 1. The Morgan fingerprint density at radius 2 is 2.05 bits per heavy atom. The van der Waals surface area contributed by atoms with Crippen LogP contribution in [-0.4, -0.2) is 21.5 Å². The van der Waals surface area contributed by atoms with Gasteiger partial charge in [-0.2, -0.15) is 0 Å². The van der Waals surface area contributed by atoms with Gasteiger partial charge in [-0.05, 0) is 39.0 Å². The molecule has 1 N–H and O–H groups in total. The van der Waals surface area contributed by atoms with Crippen molar-refractivity contribution in [2.45, 2.75) is 52.4 Å². The van der Waals surface area contributed by atoms with Crippen LogP contribution in [0.1, 0.15) is 54.0 Å². The van der Waals surface area contributed by atoms with Crippen molar-refractivity contribution in [2.24, 2.45) is 0 Å². The zero-order chi connectivity index (χ0) is 14.7. The standard InChI is InChI=1S/C16H22N4S/c1-3-8-17-16-13-6-4-5-7-14(13)19-15(20-16)9-12-10-21-11(2)18-12/h10H,3-9H2,1-2H3,(H,17,19,20). The molecule has 0 spiro atoms.